The van der Waals surface area contributed by atoms with E-state index in [4.69, 9.17) is 0 Å². The lowest BCUT2D eigenvalue weighted by Crippen LogP contribution is -2.49. The first-order valence-corrected chi connectivity index (χ1v) is 7.17. The van der Waals surface area contributed by atoms with Gasteiger partial charge in [0.25, 0.3) is 0 Å². The molecular weight excluding hydrogens is 196 g/mol. The molecule has 92 valence electrons. The quantitative estimate of drug-likeness (QED) is 0.740. The van der Waals surface area contributed by atoms with E-state index in [9.17, 15) is 0 Å². The van der Waals surface area contributed by atoms with Crippen LogP contribution in [0.5, 0.6) is 0 Å². The molecule has 0 amide bonds. The van der Waals surface area contributed by atoms with Crippen molar-refractivity contribution in [2.75, 3.05) is 20.1 Å². The Kier molecular flexibility index (Phi) is 2.97. The molecule has 0 heterocycles. The van der Waals surface area contributed by atoms with Gasteiger partial charge in [0.2, 0.25) is 0 Å². The van der Waals surface area contributed by atoms with Crippen LogP contribution >= 0.6 is 0 Å². The molecule has 3 aliphatic carbocycles. The van der Waals surface area contributed by atoms with Crippen LogP contribution in [0.3, 0.4) is 0 Å². The third-order valence-corrected chi connectivity index (χ3v) is 4.99. The summed E-state index contributed by atoms with van der Waals surface area (Å²) in [4.78, 5) is 2.65. The average molecular weight is 222 g/mol. The van der Waals surface area contributed by atoms with Gasteiger partial charge in [0.1, 0.15) is 0 Å². The summed E-state index contributed by atoms with van der Waals surface area (Å²) in [6.45, 7) is 5.02. The molecule has 1 N–H and O–H groups in total. The molecule has 0 aliphatic heterocycles. The van der Waals surface area contributed by atoms with E-state index >= 15 is 0 Å². The van der Waals surface area contributed by atoms with Crippen molar-refractivity contribution >= 4 is 0 Å². The van der Waals surface area contributed by atoms with Crippen LogP contribution in [-0.2, 0) is 0 Å². The molecule has 4 atom stereocenters. The molecule has 0 saturated heterocycles. The molecule has 0 radical (unpaired) electrons. The molecule has 2 heteroatoms. The Labute approximate surface area is 99.8 Å². The van der Waals surface area contributed by atoms with Crippen molar-refractivity contribution in [2.45, 2.75) is 51.1 Å². The first kappa shape index (κ1) is 11.0. The van der Waals surface area contributed by atoms with Crippen molar-refractivity contribution in [3.8, 4) is 0 Å². The van der Waals surface area contributed by atoms with Crippen molar-refractivity contribution in [3.05, 3.63) is 0 Å². The molecule has 0 spiro atoms. The number of rotatable bonds is 6. The maximum atomic E-state index is 3.69. The highest BCUT2D eigenvalue weighted by Gasteiger charge is 2.39. The van der Waals surface area contributed by atoms with Crippen LogP contribution in [0, 0.1) is 17.8 Å². The van der Waals surface area contributed by atoms with E-state index in [1.54, 1.807) is 0 Å². The van der Waals surface area contributed by atoms with Crippen molar-refractivity contribution in [1.82, 2.24) is 10.2 Å². The fourth-order valence-electron chi connectivity index (χ4n) is 3.13. The van der Waals surface area contributed by atoms with Crippen molar-refractivity contribution in [3.63, 3.8) is 0 Å². The Bertz CT molecular complexity index is 249. The first-order chi connectivity index (χ1) is 7.74. The minimum absolute atomic E-state index is 0.884. The smallest absolute Gasteiger partial charge is 0.0133 e. The third-order valence-electron chi connectivity index (χ3n) is 4.99. The fourth-order valence-corrected chi connectivity index (χ4v) is 3.13. The second-order valence-electron chi connectivity index (χ2n) is 6.50. The highest BCUT2D eigenvalue weighted by molar-refractivity contribution is 4.94. The van der Waals surface area contributed by atoms with Crippen LogP contribution in [0.15, 0.2) is 0 Å². The lowest BCUT2D eigenvalue weighted by atomic mass is 9.78. The summed E-state index contributed by atoms with van der Waals surface area (Å²) in [6.07, 6.45) is 7.21. The second-order valence-corrected chi connectivity index (χ2v) is 6.50. The minimum Gasteiger partial charge on any atom is -0.314 e. The molecule has 4 unspecified atom stereocenters. The van der Waals surface area contributed by atoms with Gasteiger partial charge in [0, 0.05) is 18.6 Å². The highest BCUT2D eigenvalue weighted by atomic mass is 15.2. The van der Waals surface area contributed by atoms with E-state index in [1.807, 2.05) is 0 Å². The van der Waals surface area contributed by atoms with Crippen LogP contribution in [0.4, 0.5) is 0 Å². The van der Waals surface area contributed by atoms with E-state index in [1.165, 1.54) is 45.2 Å². The molecule has 0 bridgehead atoms. The van der Waals surface area contributed by atoms with E-state index in [2.05, 4.69) is 24.2 Å². The third kappa shape index (κ3) is 2.43. The van der Waals surface area contributed by atoms with Gasteiger partial charge in [-0.1, -0.05) is 6.92 Å². The maximum Gasteiger partial charge on any atom is 0.0133 e. The van der Waals surface area contributed by atoms with E-state index in [0.717, 1.165) is 29.8 Å². The van der Waals surface area contributed by atoms with Gasteiger partial charge < -0.3 is 10.2 Å². The summed E-state index contributed by atoms with van der Waals surface area (Å²) in [5.41, 5.74) is 0. The van der Waals surface area contributed by atoms with Crippen LogP contribution < -0.4 is 5.32 Å². The largest absolute Gasteiger partial charge is 0.314 e. The number of nitrogens with one attached hydrogen (secondary N) is 1. The van der Waals surface area contributed by atoms with Crippen molar-refractivity contribution in [1.29, 1.82) is 0 Å². The minimum atomic E-state index is 0.884. The molecular formula is C14H26N2. The lowest BCUT2D eigenvalue weighted by Gasteiger charge is -2.43. The van der Waals surface area contributed by atoms with Gasteiger partial charge >= 0.3 is 0 Å². The summed E-state index contributed by atoms with van der Waals surface area (Å²) in [7, 11) is 2.35. The number of nitrogens with zero attached hydrogens (tertiary/aromatic N) is 1. The Hall–Kier alpha value is -0.0800. The lowest BCUT2D eigenvalue weighted by molar-refractivity contribution is 0.0788. The Morgan fingerprint density at radius 1 is 1.12 bits per heavy atom. The van der Waals surface area contributed by atoms with Gasteiger partial charge in [0.15, 0.2) is 0 Å². The summed E-state index contributed by atoms with van der Waals surface area (Å²) in [6, 6.07) is 1.77. The topological polar surface area (TPSA) is 15.3 Å². The molecule has 3 saturated carbocycles. The van der Waals surface area contributed by atoms with Crippen LogP contribution in [0.1, 0.15) is 39.0 Å². The van der Waals surface area contributed by atoms with Gasteiger partial charge in [-0.25, -0.2) is 0 Å². The molecule has 2 nitrogen and oxygen atoms in total. The molecule has 3 fully saturated rings. The van der Waals surface area contributed by atoms with Crippen molar-refractivity contribution in [2.24, 2.45) is 17.8 Å². The van der Waals surface area contributed by atoms with Gasteiger partial charge in [-0.3, -0.25) is 0 Å². The second kappa shape index (κ2) is 4.30. The molecule has 3 rings (SSSR count). The van der Waals surface area contributed by atoms with Crippen LogP contribution in [0.2, 0.25) is 0 Å². The number of hydrogen-bond donors (Lipinski definition) is 1. The zero-order valence-electron chi connectivity index (χ0n) is 10.8. The van der Waals surface area contributed by atoms with Gasteiger partial charge in [-0.05, 0) is 63.5 Å². The molecule has 0 aromatic rings. The summed E-state index contributed by atoms with van der Waals surface area (Å²) >= 11 is 0. The van der Waals surface area contributed by atoms with Gasteiger partial charge in [0.05, 0.1) is 0 Å². The maximum absolute atomic E-state index is 3.69. The number of hydrogen-bond acceptors (Lipinski definition) is 2. The first-order valence-electron chi connectivity index (χ1n) is 7.17. The van der Waals surface area contributed by atoms with E-state index in [-0.39, 0.29) is 0 Å². The van der Waals surface area contributed by atoms with Gasteiger partial charge in [-0.15, -0.1) is 0 Å². The van der Waals surface area contributed by atoms with Crippen molar-refractivity contribution < 1.29 is 0 Å². The van der Waals surface area contributed by atoms with Gasteiger partial charge in [-0.2, -0.15) is 0 Å². The van der Waals surface area contributed by atoms with Crippen LogP contribution in [0.25, 0.3) is 0 Å². The Morgan fingerprint density at radius 2 is 1.88 bits per heavy atom. The fraction of sp³-hybridized carbons (Fsp3) is 1.00. The SMILES string of the molecule is CC1CC1CN(C)C1CCC1CNC1CC1. The van der Waals surface area contributed by atoms with E-state index < -0.39 is 0 Å². The molecule has 0 aromatic heterocycles. The predicted molar refractivity (Wildman–Crippen MR) is 67.4 cm³/mol. The highest BCUT2D eigenvalue weighted by Crippen LogP contribution is 2.40. The zero-order chi connectivity index (χ0) is 11.1. The molecule has 3 aliphatic rings. The molecule has 16 heavy (non-hydrogen) atoms. The Morgan fingerprint density at radius 3 is 2.38 bits per heavy atom. The standard InChI is InChI=1S/C14H26N2/c1-10-7-12(10)9-16(2)14-6-3-11(14)8-15-13-4-5-13/h10-15H,3-9H2,1-2H3. The summed E-state index contributed by atoms with van der Waals surface area (Å²) in [5, 5.41) is 3.69. The monoisotopic (exact) mass is 222 g/mol. The molecule has 0 aromatic carbocycles. The van der Waals surface area contributed by atoms with Crippen LogP contribution in [-0.4, -0.2) is 37.1 Å². The normalized spacial score (nSPS) is 42.2. The Balaban J connectivity index is 1.39. The summed E-state index contributed by atoms with van der Waals surface area (Å²) in [5.74, 6) is 2.97. The predicted octanol–water partition coefficient (Wildman–Crippen LogP) is 2.10. The zero-order valence-corrected chi connectivity index (χ0v) is 10.8. The average Bonchev–Trinajstić information content (AvgIpc) is 3.05. The summed E-state index contributed by atoms with van der Waals surface area (Å²) < 4.78 is 0. The van der Waals surface area contributed by atoms with E-state index in [0.29, 0.717) is 0 Å².